The maximum atomic E-state index is 5.85. The zero-order chi connectivity index (χ0) is 16.2. The number of hydrogen-bond acceptors (Lipinski definition) is 2. The van der Waals surface area contributed by atoms with Crippen LogP contribution < -0.4 is 4.74 Å². The van der Waals surface area contributed by atoms with E-state index in [2.05, 4.69) is 49.3 Å². The number of rotatable bonds is 7. The molecule has 2 rings (SSSR count). The van der Waals surface area contributed by atoms with Gasteiger partial charge in [0.2, 0.25) is 0 Å². The molecule has 0 atom stereocenters. The first-order valence-corrected chi connectivity index (χ1v) is 8.14. The van der Waals surface area contributed by atoms with Crippen molar-refractivity contribution in [1.29, 1.82) is 0 Å². The van der Waals surface area contributed by atoms with E-state index < -0.39 is 0 Å². The lowest BCUT2D eigenvalue weighted by Gasteiger charge is -2.10. The van der Waals surface area contributed by atoms with Crippen LogP contribution in [-0.2, 0) is 13.0 Å². The second-order valence-electron chi connectivity index (χ2n) is 5.33. The van der Waals surface area contributed by atoms with E-state index in [9.17, 15) is 0 Å². The third-order valence-corrected chi connectivity index (χ3v) is 3.22. The lowest BCUT2D eigenvalue weighted by atomic mass is 10.1. The minimum absolute atomic E-state index is 0.627. The van der Waals surface area contributed by atoms with Crippen LogP contribution in [0.5, 0.6) is 5.75 Å². The van der Waals surface area contributed by atoms with Gasteiger partial charge in [0.1, 0.15) is 12.4 Å². The quantitative estimate of drug-likeness (QED) is 0.729. The fraction of sp³-hybridized carbons (Fsp3) is 0.400. The van der Waals surface area contributed by atoms with Gasteiger partial charge in [0.25, 0.3) is 0 Å². The lowest BCUT2D eigenvalue weighted by molar-refractivity contribution is 0.306. The number of hydrogen-bond donors (Lipinski definition) is 0. The van der Waals surface area contributed by atoms with Crippen molar-refractivity contribution in [2.24, 2.45) is 0 Å². The average Bonchev–Trinajstić information content (AvgIpc) is 2.56. The Kier molecular flexibility index (Phi) is 9.01. The summed E-state index contributed by atoms with van der Waals surface area (Å²) in [7, 11) is 4.22. The predicted octanol–water partition coefficient (Wildman–Crippen LogP) is 4.79. The van der Waals surface area contributed by atoms with Crippen molar-refractivity contribution in [3.63, 3.8) is 0 Å². The van der Waals surface area contributed by atoms with Crippen molar-refractivity contribution in [1.82, 2.24) is 4.90 Å². The highest BCUT2D eigenvalue weighted by Gasteiger charge is 1.99. The number of aryl methyl sites for hydroxylation is 1. The van der Waals surface area contributed by atoms with Gasteiger partial charge in [0.05, 0.1) is 0 Å². The van der Waals surface area contributed by atoms with Gasteiger partial charge >= 0.3 is 0 Å². The molecule has 0 spiro atoms. The molecule has 0 aliphatic rings. The molecule has 120 valence electrons. The normalized spacial score (nSPS) is 10.0. The molecule has 0 aliphatic heterocycles. The zero-order valence-corrected chi connectivity index (χ0v) is 14.4. The average molecular weight is 299 g/mol. The van der Waals surface area contributed by atoms with E-state index in [0.29, 0.717) is 6.61 Å². The van der Waals surface area contributed by atoms with Crippen molar-refractivity contribution < 1.29 is 4.74 Å². The van der Waals surface area contributed by atoms with Crippen LogP contribution in [-0.4, -0.2) is 25.5 Å². The highest BCUT2D eigenvalue weighted by molar-refractivity contribution is 5.29. The summed E-state index contributed by atoms with van der Waals surface area (Å²) in [6.45, 7) is 5.75. The molecule has 0 heterocycles. The molecule has 2 nitrogen and oxygen atoms in total. The van der Waals surface area contributed by atoms with Gasteiger partial charge in [-0.2, -0.15) is 0 Å². The predicted molar refractivity (Wildman–Crippen MR) is 95.4 cm³/mol. The Bertz CT molecular complexity index is 508. The van der Waals surface area contributed by atoms with E-state index in [-0.39, 0.29) is 0 Å². The van der Waals surface area contributed by atoms with Gasteiger partial charge in [0, 0.05) is 0 Å². The first-order chi connectivity index (χ1) is 10.7. The van der Waals surface area contributed by atoms with Gasteiger partial charge in [-0.15, -0.1) is 0 Å². The molecule has 0 saturated carbocycles. The summed E-state index contributed by atoms with van der Waals surface area (Å²) in [4.78, 5) is 2.22. The van der Waals surface area contributed by atoms with E-state index in [1.165, 1.54) is 17.5 Å². The molecule has 0 N–H and O–H groups in total. The standard InChI is InChI=1S/C18H23NO.C2H6/c1-19(2)13-7-11-16-10-6-12-18(14-16)20-15-17-8-4-3-5-9-17;1-2/h3-6,8-10,12,14H,7,11,13,15H2,1-2H3;1-2H3. The number of benzene rings is 2. The summed E-state index contributed by atoms with van der Waals surface area (Å²) in [5.41, 5.74) is 2.54. The van der Waals surface area contributed by atoms with Crippen LogP contribution in [0, 0.1) is 0 Å². The van der Waals surface area contributed by atoms with Crippen LogP contribution in [0.4, 0.5) is 0 Å². The Morgan fingerprint density at radius 1 is 0.864 bits per heavy atom. The minimum atomic E-state index is 0.627. The molecule has 22 heavy (non-hydrogen) atoms. The first-order valence-electron chi connectivity index (χ1n) is 8.14. The number of ether oxygens (including phenoxy) is 1. The molecule has 2 aromatic carbocycles. The fourth-order valence-corrected chi connectivity index (χ4v) is 2.13. The summed E-state index contributed by atoms with van der Waals surface area (Å²) in [6, 6.07) is 18.7. The highest BCUT2D eigenvalue weighted by Crippen LogP contribution is 2.16. The molecule has 0 unspecified atom stereocenters. The lowest BCUT2D eigenvalue weighted by Crippen LogP contribution is -2.13. The van der Waals surface area contributed by atoms with E-state index in [0.717, 1.165) is 18.7 Å². The van der Waals surface area contributed by atoms with Gasteiger partial charge in [-0.1, -0.05) is 56.3 Å². The van der Waals surface area contributed by atoms with Gasteiger partial charge < -0.3 is 9.64 Å². The van der Waals surface area contributed by atoms with Crippen LogP contribution in [0.1, 0.15) is 31.4 Å². The van der Waals surface area contributed by atoms with E-state index >= 15 is 0 Å². The summed E-state index contributed by atoms with van der Waals surface area (Å²) in [6.07, 6.45) is 2.27. The fourth-order valence-electron chi connectivity index (χ4n) is 2.13. The molecule has 0 fully saturated rings. The molecule has 0 radical (unpaired) electrons. The second-order valence-corrected chi connectivity index (χ2v) is 5.33. The van der Waals surface area contributed by atoms with Gasteiger partial charge in [-0.3, -0.25) is 0 Å². The highest BCUT2D eigenvalue weighted by atomic mass is 16.5. The van der Waals surface area contributed by atoms with E-state index in [4.69, 9.17) is 4.74 Å². The topological polar surface area (TPSA) is 12.5 Å². The van der Waals surface area contributed by atoms with E-state index in [1.807, 2.05) is 38.1 Å². The Labute approximate surface area is 135 Å². The molecule has 2 heteroatoms. The molecule has 0 aromatic heterocycles. The molecular formula is C20H29NO. The maximum absolute atomic E-state index is 5.85. The van der Waals surface area contributed by atoms with Crippen molar-refractivity contribution in [2.75, 3.05) is 20.6 Å². The van der Waals surface area contributed by atoms with Crippen LogP contribution in [0.3, 0.4) is 0 Å². The Balaban J connectivity index is 0.00000116. The third kappa shape index (κ3) is 7.28. The minimum Gasteiger partial charge on any atom is -0.489 e. The van der Waals surface area contributed by atoms with Gasteiger partial charge in [-0.05, 0) is 56.7 Å². The third-order valence-electron chi connectivity index (χ3n) is 3.22. The largest absolute Gasteiger partial charge is 0.489 e. The van der Waals surface area contributed by atoms with E-state index in [1.54, 1.807) is 0 Å². The number of nitrogens with zero attached hydrogens (tertiary/aromatic N) is 1. The molecule has 0 amide bonds. The summed E-state index contributed by atoms with van der Waals surface area (Å²) in [5, 5.41) is 0. The molecule has 0 bridgehead atoms. The Morgan fingerprint density at radius 2 is 1.55 bits per heavy atom. The summed E-state index contributed by atoms with van der Waals surface area (Å²) < 4.78 is 5.85. The monoisotopic (exact) mass is 299 g/mol. The van der Waals surface area contributed by atoms with Crippen LogP contribution >= 0.6 is 0 Å². The smallest absolute Gasteiger partial charge is 0.120 e. The van der Waals surface area contributed by atoms with Crippen LogP contribution in [0.2, 0.25) is 0 Å². The zero-order valence-electron chi connectivity index (χ0n) is 14.4. The summed E-state index contributed by atoms with van der Waals surface area (Å²) in [5.74, 6) is 0.955. The Morgan fingerprint density at radius 3 is 2.23 bits per heavy atom. The molecular weight excluding hydrogens is 270 g/mol. The van der Waals surface area contributed by atoms with Crippen molar-refractivity contribution in [3.8, 4) is 5.75 Å². The maximum Gasteiger partial charge on any atom is 0.120 e. The first kappa shape index (κ1) is 18.2. The van der Waals surface area contributed by atoms with Crippen LogP contribution in [0.25, 0.3) is 0 Å². The SMILES string of the molecule is CC.CN(C)CCCc1cccc(OCc2ccccc2)c1. The van der Waals surface area contributed by atoms with Gasteiger partial charge in [-0.25, -0.2) is 0 Å². The second kappa shape index (κ2) is 10.9. The molecule has 2 aromatic rings. The Hall–Kier alpha value is -1.80. The van der Waals surface area contributed by atoms with Crippen molar-refractivity contribution in [3.05, 3.63) is 65.7 Å². The van der Waals surface area contributed by atoms with Crippen molar-refractivity contribution in [2.45, 2.75) is 33.3 Å². The molecule has 0 saturated heterocycles. The molecule has 0 aliphatic carbocycles. The van der Waals surface area contributed by atoms with Gasteiger partial charge in [0.15, 0.2) is 0 Å². The summed E-state index contributed by atoms with van der Waals surface area (Å²) >= 11 is 0. The van der Waals surface area contributed by atoms with Crippen molar-refractivity contribution >= 4 is 0 Å². The van der Waals surface area contributed by atoms with Crippen LogP contribution in [0.15, 0.2) is 54.6 Å².